The van der Waals surface area contributed by atoms with Crippen molar-refractivity contribution in [3.8, 4) is 0 Å². The molecule has 3 N–H and O–H groups in total. The van der Waals surface area contributed by atoms with Gasteiger partial charge in [0.05, 0.1) is 12.0 Å². The minimum Gasteiger partial charge on any atom is -0.444 e. The van der Waals surface area contributed by atoms with Crippen molar-refractivity contribution >= 4 is 23.4 Å². The lowest BCUT2D eigenvalue weighted by Crippen LogP contribution is -2.43. The van der Waals surface area contributed by atoms with Crippen LogP contribution >= 0.6 is 0 Å². The summed E-state index contributed by atoms with van der Waals surface area (Å²) in [5.74, 6) is 0.230. The summed E-state index contributed by atoms with van der Waals surface area (Å²) in [5, 5.41) is 11.0. The van der Waals surface area contributed by atoms with Gasteiger partial charge >= 0.3 is 12.3 Å². The van der Waals surface area contributed by atoms with Crippen LogP contribution in [0.15, 0.2) is 41.6 Å². The summed E-state index contributed by atoms with van der Waals surface area (Å²) in [5.41, 5.74) is 4.86. The molecule has 46 heavy (non-hydrogen) atoms. The maximum atomic E-state index is 13.6. The number of amides is 2. The summed E-state index contributed by atoms with van der Waals surface area (Å²) in [4.78, 5) is 41.2. The Kier molecular flexibility index (Phi) is 9.60. The molecule has 4 rings (SSSR count). The summed E-state index contributed by atoms with van der Waals surface area (Å²) in [6, 6.07) is 6.26. The molecule has 1 aliphatic carbocycles. The van der Waals surface area contributed by atoms with E-state index >= 15 is 0 Å². The lowest BCUT2D eigenvalue weighted by atomic mass is 9.58. The molecule has 14 heteroatoms. The molecule has 1 aromatic carbocycles. The number of aromatic nitrogens is 4. The lowest BCUT2D eigenvalue weighted by molar-refractivity contribution is -0.141. The number of hydrogen-bond donors (Lipinski definition) is 2. The second kappa shape index (κ2) is 12.8. The molecule has 1 aliphatic rings. The van der Waals surface area contributed by atoms with E-state index in [1.54, 1.807) is 39.2 Å². The van der Waals surface area contributed by atoms with Gasteiger partial charge in [-0.05, 0) is 80.8 Å². The minimum absolute atomic E-state index is 0.00222. The van der Waals surface area contributed by atoms with Crippen LogP contribution in [0.25, 0.3) is 0 Å². The Morgan fingerprint density at radius 1 is 1.17 bits per heavy atom. The van der Waals surface area contributed by atoms with Crippen molar-refractivity contribution in [1.82, 2.24) is 24.2 Å². The Morgan fingerprint density at radius 2 is 1.85 bits per heavy atom. The first-order valence-electron chi connectivity index (χ1n) is 15.1. The topological polar surface area (TPSA) is 137 Å². The van der Waals surface area contributed by atoms with Crippen molar-refractivity contribution in [3.63, 3.8) is 0 Å². The molecular weight excluding hydrogens is 603 g/mol. The number of nitrogens with zero attached hydrogens (tertiary/aromatic N) is 5. The number of carbonyl (C=O) groups is 2. The molecule has 2 aromatic heterocycles. The number of aryl methyl sites for hydroxylation is 1. The third kappa shape index (κ3) is 8.07. The molecule has 250 valence electrons. The molecule has 0 unspecified atom stereocenters. The Hall–Kier alpha value is -4.36. The quantitative estimate of drug-likeness (QED) is 0.294. The summed E-state index contributed by atoms with van der Waals surface area (Å²) < 4.78 is 48.4. The molecule has 0 saturated heterocycles. The fourth-order valence-electron chi connectivity index (χ4n) is 6.04. The Balaban J connectivity index is 1.71. The van der Waals surface area contributed by atoms with Gasteiger partial charge in [0.2, 0.25) is 0 Å². The van der Waals surface area contributed by atoms with Gasteiger partial charge < -0.3 is 29.8 Å². The third-order valence-corrected chi connectivity index (χ3v) is 7.65. The number of nitrogens with one attached hydrogen (secondary N) is 1. The van der Waals surface area contributed by atoms with Gasteiger partial charge in [0, 0.05) is 31.2 Å². The highest BCUT2D eigenvalue weighted by atomic mass is 19.4. The van der Waals surface area contributed by atoms with Crippen LogP contribution in [-0.4, -0.2) is 54.6 Å². The van der Waals surface area contributed by atoms with E-state index < -0.39 is 46.9 Å². The largest absolute Gasteiger partial charge is 0.444 e. The van der Waals surface area contributed by atoms with E-state index in [9.17, 15) is 27.6 Å². The fourth-order valence-corrected chi connectivity index (χ4v) is 6.04. The van der Waals surface area contributed by atoms with Crippen molar-refractivity contribution < 1.29 is 27.5 Å². The van der Waals surface area contributed by atoms with Crippen LogP contribution < -0.4 is 16.6 Å². The first-order valence-corrected chi connectivity index (χ1v) is 15.1. The van der Waals surface area contributed by atoms with Crippen LogP contribution in [0, 0.1) is 11.8 Å². The highest BCUT2D eigenvalue weighted by Gasteiger charge is 2.48. The number of ether oxygens (including phenoxy) is 1. The number of anilines is 2. The van der Waals surface area contributed by atoms with Gasteiger partial charge in [-0.3, -0.25) is 9.59 Å². The van der Waals surface area contributed by atoms with Crippen molar-refractivity contribution in [1.29, 1.82) is 0 Å². The van der Waals surface area contributed by atoms with Crippen molar-refractivity contribution in [2.24, 2.45) is 18.9 Å². The number of carbonyl (C=O) groups excluding carboxylic acids is 2. The van der Waals surface area contributed by atoms with E-state index in [0.717, 1.165) is 30.4 Å². The van der Waals surface area contributed by atoms with Gasteiger partial charge in [-0.1, -0.05) is 20.8 Å². The molecule has 0 atom stereocenters. The van der Waals surface area contributed by atoms with Gasteiger partial charge in [0.1, 0.15) is 29.9 Å². The molecular formula is C32H42F3N7O4. The standard InChI is InChI=1S/C32H42F3N7O4/c1-19(2)14-41(29(45)46-30(4,5)6)15-21-8-25(27(44)42(16-21)17-32(33,34)35)26(43)38-24-10-22(9-23(36)11-24)31(12-20(3)13-31)28-39-37-18-40(28)7/h8-11,16,18-20H,12-15,17,36H2,1-7H3,(H,38,43). The number of alkyl halides is 3. The van der Waals surface area contributed by atoms with Gasteiger partial charge in [-0.25, -0.2) is 4.79 Å². The number of nitrogen functional groups attached to an aromatic ring is 1. The van der Waals surface area contributed by atoms with Gasteiger partial charge in [-0.2, -0.15) is 13.2 Å². The molecule has 11 nitrogen and oxygen atoms in total. The Morgan fingerprint density at radius 3 is 2.39 bits per heavy atom. The molecule has 0 aliphatic heterocycles. The second-order valence-electron chi connectivity index (χ2n) is 13.7. The van der Waals surface area contributed by atoms with Crippen LogP contribution in [-0.2, 0) is 30.3 Å². The zero-order valence-electron chi connectivity index (χ0n) is 27.2. The molecule has 0 radical (unpaired) electrons. The van der Waals surface area contributed by atoms with Crippen molar-refractivity contribution in [3.05, 3.63) is 69.7 Å². The van der Waals surface area contributed by atoms with Gasteiger partial charge in [-0.15, -0.1) is 10.2 Å². The minimum atomic E-state index is -4.74. The molecule has 3 aromatic rings. The van der Waals surface area contributed by atoms with Crippen LogP contribution in [0.4, 0.5) is 29.3 Å². The van der Waals surface area contributed by atoms with E-state index in [0.29, 0.717) is 16.2 Å². The summed E-state index contributed by atoms with van der Waals surface area (Å²) in [7, 11) is 1.85. The van der Waals surface area contributed by atoms with E-state index in [1.165, 1.54) is 17.0 Å². The Bertz CT molecular complexity index is 1650. The predicted octanol–water partition coefficient (Wildman–Crippen LogP) is 5.48. The average Bonchev–Trinajstić information content (AvgIpc) is 3.31. The zero-order chi connectivity index (χ0) is 34.2. The van der Waals surface area contributed by atoms with Crippen molar-refractivity contribution in [2.75, 3.05) is 17.6 Å². The molecule has 1 fully saturated rings. The van der Waals surface area contributed by atoms with Crippen LogP contribution in [0.3, 0.4) is 0 Å². The lowest BCUT2D eigenvalue weighted by Gasteiger charge is -2.46. The second-order valence-corrected chi connectivity index (χ2v) is 13.7. The maximum absolute atomic E-state index is 13.6. The monoisotopic (exact) mass is 645 g/mol. The summed E-state index contributed by atoms with van der Waals surface area (Å²) in [6.07, 6.45) is -1.24. The fraction of sp³-hybridized carbons (Fsp3) is 0.531. The van der Waals surface area contributed by atoms with E-state index in [1.807, 2.05) is 25.5 Å². The van der Waals surface area contributed by atoms with Crippen LogP contribution in [0.2, 0.25) is 0 Å². The Labute approximate surface area is 265 Å². The SMILES string of the molecule is CC(C)CN(Cc1cc(C(=O)Nc2cc(N)cc(C3(c4nncn4C)CC(C)C3)c2)c(=O)n(CC(F)(F)F)c1)C(=O)OC(C)(C)C. The molecule has 2 heterocycles. The van der Waals surface area contributed by atoms with E-state index in [-0.39, 0.29) is 30.3 Å². The average molecular weight is 646 g/mol. The number of hydrogen-bond acceptors (Lipinski definition) is 7. The maximum Gasteiger partial charge on any atom is 0.410 e. The summed E-state index contributed by atoms with van der Waals surface area (Å²) >= 11 is 0. The highest BCUT2D eigenvalue weighted by molar-refractivity contribution is 6.04. The van der Waals surface area contributed by atoms with Gasteiger partial charge in [0.25, 0.3) is 11.5 Å². The highest BCUT2D eigenvalue weighted by Crippen LogP contribution is 2.52. The van der Waals surface area contributed by atoms with E-state index in [4.69, 9.17) is 10.5 Å². The van der Waals surface area contributed by atoms with E-state index in [2.05, 4.69) is 22.4 Å². The molecule has 0 bridgehead atoms. The first-order chi connectivity index (χ1) is 21.3. The number of benzene rings is 1. The third-order valence-electron chi connectivity index (χ3n) is 7.65. The summed E-state index contributed by atoms with van der Waals surface area (Å²) in [6.45, 7) is 9.40. The predicted molar refractivity (Wildman–Crippen MR) is 167 cm³/mol. The molecule has 2 amide bonds. The number of nitrogens with two attached hydrogens (primary N) is 1. The number of rotatable bonds is 9. The van der Waals surface area contributed by atoms with Crippen molar-refractivity contribution in [2.45, 2.75) is 84.7 Å². The van der Waals surface area contributed by atoms with Crippen LogP contribution in [0.1, 0.15) is 81.7 Å². The van der Waals surface area contributed by atoms with Crippen LogP contribution in [0.5, 0.6) is 0 Å². The normalized spacial score (nSPS) is 18.3. The number of pyridine rings is 1. The van der Waals surface area contributed by atoms with Gasteiger partial charge in [0.15, 0.2) is 0 Å². The number of halogens is 3. The molecule has 1 saturated carbocycles. The molecule has 0 spiro atoms. The zero-order valence-corrected chi connectivity index (χ0v) is 27.2. The first kappa shape index (κ1) is 34.5. The smallest absolute Gasteiger partial charge is 0.410 e.